The van der Waals surface area contributed by atoms with Gasteiger partial charge in [-0.05, 0) is 18.6 Å². The monoisotopic (exact) mass is 534 g/mol. The number of fused-ring (bicyclic) bond motifs is 1. The second-order valence-electron chi connectivity index (χ2n) is 8.63. The first-order valence-corrected chi connectivity index (χ1v) is 11.4. The zero-order valence-electron chi connectivity index (χ0n) is 20.3. The highest BCUT2D eigenvalue weighted by atomic mass is 16.4. The number of para-hydroxylation sites is 1. The molecule has 0 saturated carbocycles. The van der Waals surface area contributed by atoms with Gasteiger partial charge in [-0.1, -0.05) is 18.2 Å². The van der Waals surface area contributed by atoms with Gasteiger partial charge in [0, 0.05) is 23.5 Å². The number of hydrogen-bond donors (Lipinski definition) is 9. The summed E-state index contributed by atoms with van der Waals surface area (Å²) in [6.45, 7) is 1.12. The molecule has 206 valence electrons. The quantitative estimate of drug-likeness (QED) is 0.121. The van der Waals surface area contributed by atoms with Crippen molar-refractivity contribution in [2.24, 2.45) is 11.5 Å². The third-order valence-electron chi connectivity index (χ3n) is 5.55. The first-order chi connectivity index (χ1) is 17.8. The van der Waals surface area contributed by atoms with Gasteiger partial charge in [0.05, 0.1) is 25.0 Å². The number of aliphatic hydroxyl groups excluding tert-OH is 1. The van der Waals surface area contributed by atoms with Crippen LogP contribution in [0.4, 0.5) is 0 Å². The van der Waals surface area contributed by atoms with Crippen molar-refractivity contribution in [1.29, 1.82) is 0 Å². The van der Waals surface area contributed by atoms with Gasteiger partial charge in [0.1, 0.15) is 12.1 Å². The van der Waals surface area contributed by atoms with Crippen LogP contribution in [0.2, 0.25) is 0 Å². The van der Waals surface area contributed by atoms with Crippen LogP contribution in [0.1, 0.15) is 25.3 Å². The summed E-state index contributed by atoms with van der Waals surface area (Å²) in [5.41, 5.74) is 12.1. The van der Waals surface area contributed by atoms with E-state index in [1.807, 2.05) is 5.32 Å². The number of nitrogens with two attached hydrogens (primary N) is 2. The first-order valence-electron chi connectivity index (χ1n) is 11.4. The first kappa shape index (κ1) is 29.7. The standard InChI is InChI=1S/C23H30N6O9/c1-10(30)19(23(37)38)29-22(36)16(8-17(25)31)28-21(35)15(27-20(34)13(24)7-18(32)33)6-11-9-26-14-5-3-2-4-12(11)14/h2-5,9-10,13,15-16,19,26,30H,6-8,24H2,1H3,(H2,25,31)(H,27,34)(H,28,35)(H,29,36)(H,32,33)(H,37,38). The van der Waals surface area contributed by atoms with Crippen molar-refractivity contribution in [2.45, 2.75) is 56.5 Å². The van der Waals surface area contributed by atoms with Crippen molar-refractivity contribution in [2.75, 3.05) is 0 Å². The molecule has 1 aromatic heterocycles. The Morgan fingerprint density at radius 3 is 2.11 bits per heavy atom. The molecule has 15 heteroatoms. The molecule has 0 aliphatic rings. The van der Waals surface area contributed by atoms with Gasteiger partial charge >= 0.3 is 11.9 Å². The second kappa shape index (κ2) is 13.2. The van der Waals surface area contributed by atoms with Gasteiger partial charge in [0.15, 0.2) is 6.04 Å². The molecule has 2 rings (SSSR count). The Bertz CT molecular complexity index is 1210. The number of aromatic amines is 1. The fourth-order valence-electron chi connectivity index (χ4n) is 3.61. The molecule has 4 amide bonds. The third-order valence-corrected chi connectivity index (χ3v) is 5.55. The minimum atomic E-state index is -1.74. The van der Waals surface area contributed by atoms with Crippen LogP contribution in [-0.2, 0) is 35.2 Å². The van der Waals surface area contributed by atoms with Crippen LogP contribution in [-0.4, -0.2) is 86.1 Å². The van der Waals surface area contributed by atoms with E-state index in [0.29, 0.717) is 5.56 Å². The van der Waals surface area contributed by atoms with E-state index in [2.05, 4.69) is 15.6 Å². The number of carbonyl (C=O) groups is 6. The summed E-state index contributed by atoms with van der Waals surface area (Å²) < 4.78 is 0. The molecular formula is C23H30N6O9. The van der Waals surface area contributed by atoms with Crippen LogP contribution >= 0.6 is 0 Å². The Morgan fingerprint density at radius 2 is 1.53 bits per heavy atom. The molecular weight excluding hydrogens is 504 g/mol. The highest BCUT2D eigenvalue weighted by molar-refractivity contribution is 5.97. The van der Waals surface area contributed by atoms with Crippen LogP contribution in [0.3, 0.4) is 0 Å². The Morgan fingerprint density at radius 1 is 0.921 bits per heavy atom. The highest BCUT2D eigenvalue weighted by Crippen LogP contribution is 2.19. The molecule has 0 radical (unpaired) electrons. The van der Waals surface area contributed by atoms with Crippen LogP contribution in [0.15, 0.2) is 30.5 Å². The number of aliphatic hydroxyl groups is 1. The molecule has 0 aliphatic heterocycles. The number of carbonyl (C=O) groups excluding carboxylic acids is 4. The van der Waals surface area contributed by atoms with Gasteiger partial charge in [0.2, 0.25) is 23.6 Å². The molecule has 1 heterocycles. The maximum absolute atomic E-state index is 13.2. The highest BCUT2D eigenvalue weighted by Gasteiger charge is 2.33. The molecule has 2 aromatic rings. The van der Waals surface area contributed by atoms with Crippen molar-refractivity contribution in [1.82, 2.24) is 20.9 Å². The lowest BCUT2D eigenvalue weighted by molar-refractivity contribution is -0.145. The summed E-state index contributed by atoms with van der Waals surface area (Å²) in [4.78, 5) is 75.4. The van der Waals surface area contributed by atoms with Crippen molar-refractivity contribution >= 4 is 46.5 Å². The van der Waals surface area contributed by atoms with E-state index in [1.54, 1.807) is 30.5 Å². The fraction of sp³-hybridized carbons (Fsp3) is 0.391. The molecule has 38 heavy (non-hydrogen) atoms. The summed E-state index contributed by atoms with van der Waals surface area (Å²) in [6.07, 6.45) is -1.48. The Kier molecular flexibility index (Phi) is 10.3. The van der Waals surface area contributed by atoms with Crippen molar-refractivity contribution in [3.63, 3.8) is 0 Å². The number of H-pyrrole nitrogens is 1. The molecule has 0 saturated heterocycles. The number of aliphatic carboxylic acids is 2. The number of hydrogen-bond acceptors (Lipinski definition) is 8. The van der Waals surface area contributed by atoms with Gasteiger partial charge in [-0.3, -0.25) is 24.0 Å². The van der Waals surface area contributed by atoms with E-state index < -0.39 is 78.7 Å². The maximum atomic E-state index is 13.2. The minimum Gasteiger partial charge on any atom is -0.481 e. The summed E-state index contributed by atoms with van der Waals surface area (Å²) in [5, 5.41) is 35.2. The SMILES string of the molecule is CC(O)C(NC(=O)C(CC(N)=O)NC(=O)C(Cc1c[nH]c2ccccc12)NC(=O)C(N)CC(=O)O)C(=O)O. The van der Waals surface area contributed by atoms with Crippen LogP contribution in [0, 0.1) is 0 Å². The number of rotatable bonds is 14. The Hall–Kier alpha value is -4.50. The molecule has 11 N–H and O–H groups in total. The van der Waals surface area contributed by atoms with E-state index in [-0.39, 0.29) is 6.42 Å². The molecule has 5 unspecified atom stereocenters. The van der Waals surface area contributed by atoms with Gasteiger partial charge in [-0.15, -0.1) is 0 Å². The number of primary amides is 1. The topological polar surface area (TPSA) is 267 Å². The number of carboxylic acids is 2. The summed E-state index contributed by atoms with van der Waals surface area (Å²) >= 11 is 0. The summed E-state index contributed by atoms with van der Waals surface area (Å²) in [7, 11) is 0. The molecule has 5 atom stereocenters. The Balaban J connectivity index is 2.32. The number of carboxylic acid groups (broad SMARTS) is 2. The predicted octanol–water partition coefficient (Wildman–Crippen LogP) is -2.69. The number of nitrogens with one attached hydrogen (secondary N) is 4. The Labute approximate surface area is 215 Å². The molecule has 0 fully saturated rings. The smallest absolute Gasteiger partial charge is 0.328 e. The van der Waals surface area contributed by atoms with E-state index in [1.165, 1.54) is 0 Å². The number of aromatic nitrogens is 1. The predicted molar refractivity (Wildman–Crippen MR) is 131 cm³/mol. The van der Waals surface area contributed by atoms with Gasteiger partial charge < -0.3 is 47.7 Å². The minimum absolute atomic E-state index is 0.127. The van der Waals surface area contributed by atoms with Crippen LogP contribution in [0.5, 0.6) is 0 Å². The van der Waals surface area contributed by atoms with Gasteiger partial charge in [-0.2, -0.15) is 0 Å². The number of benzene rings is 1. The molecule has 15 nitrogen and oxygen atoms in total. The van der Waals surface area contributed by atoms with Gasteiger partial charge in [-0.25, -0.2) is 4.79 Å². The van der Waals surface area contributed by atoms with Crippen molar-refractivity contribution in [3.8, 4) is 0 Å². The van der Waals surface area contributed by atoms with Crippen LogP contribution in [0.25, 0.3) is 10.9 Å². The average molecular weight is 535 g/mol. The lowest BCUT2D eigenvalue weighted by Crippen LogP contribution is -2.59. The third kappa shape index (κ3) is 8.28. The largest absolute Gasteiger partial charge is 0.481 e. The van der Waals surface area contributed by atoms with E-state index in [9.17, 15) is 39.0 Å². The second-order valence-corrected chi connectivity index (χ2v) is 8.63. The van der Waals surface area contributed by atoms with Crippen molar-refractivity contribution < 1.29 is 44.1 Å². The summed E-state index contributed by atoms with van der Waals surface area (Å²) in [6, 6.07) is 0.799. The zero-order chi connectivity index (χ0) is 28.6. The van der Waals surface area contributed by atoms with E-state index >= 15 is 0 Å². The van der Waals surface area contributed by atoms with E-state index in [4.69, 9.17) is 16.6 Å². The van der Waals surface area contributed by atoms with Gasteiger partial charge in [0.25, 0.3) is 0 Å². The average Bonchev–Trinajstić information content (AvgIpc) is 3.23. The van der Waals surface area contributed by atoms with Crippen molar-refractivity contribution in [3.05, 3.63) is 36.0 Å². The zero-order valence-corrected chi connectivity index (χ0v) is 20.3. The molecule has 1 aromatic carbocycles. The normalized spacial score (nSPS) is 14.9. The summed E-state index contributed by atoms with van der Waals surface area (Å²) in [5.74, 6) is -6.94. The molecule has 0 aliphatic carbocycles. The van der Waals surface area contributed by atoms with E-state index in [0.717, 1.165) is 17.8 Å². The lowest BCUT2D eigenvalue weighted by Gasteiger charge is -2.25. The maximum Gasteiger partial charge on any atom is 0.328 e. The molecule has 0 bridgehead atoms. The number of amides is 4. The van der Waals surface area contributed by atoms with Crippen LogP contribution < -0.4 is 27.4 Å². The fourth-order valence-corrected chi connectivity index (χ4v) is 3.61. The molecule has 0 spiro atoms. The lowest BCUT2D eigenvalue weighted by atomic mass is 10.0.